The smallest absolute Gasteiger partial charge is 0.116 e. The number of rotatable bonds is 7. The molecule has 39 heavy (non-hydrogen) atoms. The van der Waals surface area contributed by atoms with Gasteiger partial charge in [-0.05, 0) is 74.4 Å². The SMILES string of the molecule is C=C/C=C(\c1cc(-c2n[nH]c3c2=CC(c2cncc(CC4CCCCC4)c2)=NCC=3)[nH]c1C)N1CCCCC1. The zero-order chi connectivity index (χ0) is 26.6. The van der Waals surface area contributed by atoms with E-state index < -0.39 is 0 Å². The molecule has 3 aliphatic rings. The molecule has 3 aromatic heterocycles. The number of allylic oxidation sites excluding steroid dienone is 2. The van der Waals surface area contributed by atoms with Gasteiger partial charge >= 0.3 is 0 Å². The van der Waals surface area contributed by atoms with Gasteiger partial charge in [-0.15, -0.1) is 0 Å². The number of nitrogens with zero attached hydrogens (tertiary/aromatic N) is 4. The van der Waals surface area contributed by atoms with Crippen LogP contribution in [0.4, 0.5) is 0 Å². The van der Waals surface area contributed by atoms with Crippen LogP contribution in [0.1, 0.15) is 73.8 Å². The Morgan fingerprint density at radius 2 is 1.90 bits per heavy atom. The highest BCUT2D eigenvalue weighted by atomic mass is 15.1. The number of H-pyrrole nitrogens is 2. The summed E-state index contributed by atoms with van der Waals surface area (Å²) in [6.45, 7) is 8.94. The van der Waals surface area contributed by atoms with Crippen molar-refractivity contribution < 1.29 is 0 Å². The summed E-state index contributed by atoms with van der Waals surface area (Å²) >= 11 is 0. The van der Waals surface area contributed by atoms with Crippen molar-refractivity contribution in [3.8, 4) is 11.4 Å². The number of aromatic nitrogens is 4. The van der Waals surface area contributed by atoms with Crippen molar-refractivity contribution in [3.63, 3.8) is 0 Å². The fraction of sp³-hybridized carbons (Fsp3) is 0.424. The normalized spacial score (nSPS) is 18.5. The number of fused-ring (bicyclic) bond motifs is 1. The van der Waals surface area contributed by atoms with Gasteiger partial charge in [-0.1, -0.05) is 44.8 Å². The number of hydrogen-bond donors (Lipinski definition) is 2. The van der Waals surface area contributed by atoms with Gasteiger partial charge in [0.15, 0.2) is 0 Å². The highest BCUT2D eigenvalue weighted by Crippen LogP contribution is 2.29. The van der Waals surface area contributed by atoms with Crippen LogP contribution in [0.2, 0.25) is 0 Å². The molecule has 0 atom stereocenters. The van der Waals surface area contributed by atoms with E-state index in [0.29, 0.717) is 6.54 Å². The highest BCUT2D eigenvalue weighted by Gasteiger charge is 2.20. The molecule has 6 nitrogen and oxygen atoms in total. The molecule has 1 saturated carbocycles. The summed E-state index contributed by atoms with van der Waals surface area (Å²) < 4.78 is 0. The highest BCUT2D eigenvalue weighted by molar-refractivity contribution is 6.21. The van der Waals surface area contributed by atoms with Crippen molar-refractivity contribution in [2.75, 3.05) is 19.6 Å². The Hall–Kier alpha value is -3.67. The van der Waals surface area contributed by atoms with Crippen LogP contribution in [0.25, 0.3) is 29.2 Å². The van der Waals surface area contributed by atoms with E-state index in [4.69, 9.17) is 10.1 Å². The van der Waals surface area contributed by atoms with E-state index in [1.165, 1.54) is 68.2 Å². The average molecular weight is 521 g/mol. The van der Waals surface area contributed by atoms with Crippen LogP contribution in [0, 0.1) is 12.8 Å². The Morgan fingerprint density at radius 1 is 1.08 bits per heavy atom. The molecule has 6 heteroatoms. The summed E-state index contributed by atoms with van der Waals surface area (Å²) in [6.07, 6.45) is 24.0. The Kier molecular flexibility index (Phi) is 7.62. The lowest BCUT2D eigenvalue weighted by Gasteiger charge is -2.31. The quantitative estimate of drug-likeness (QED) is 0.415. The third kappa shape index (κ3) is 5.56. The van der Waals surface area contributed by atoms with Crippen LogP contribution in [0.3, 0.4) is 0 Å². The summed E-state index contributed by atoms with van der Waals surface area (Å²) in [6, 6.07) is 4.54. The van der Waals surface area contributed by atoms with Crippen LogP contribution in [-0.2, 0) is 6.42 Å². The number of likely N-dealkylation sites (tertiary alicyclic amines) is 1. The van der Waals surface area contributed by atoms with Crippen LogP contribution >= 0.6 is 0 Å². The van der Waals surface area contributed by atoms with Gasteiger partial charge in [0.05, 0.1) is 23.3 Å². The first-order chi connectivity index (χ1) is 19.2. The zero-order valence-corrected chi connectivity index (χ0v) is 23.2. The topological polar surface area (TPSA) is 73.0 Å². The minimum Gasteiger partial charge on any atom is -0.371 e. The monoisotopic (exact) mass is 520 g/mol. The molecular formula is C33H40N6. The Labute approximate surface area is 231 Å². The van der Waals surface area contributed by atoms with Gasteiger partial charge in [0.1, 0.15) is 5.69 Å². The van der Waals surface area contributed by atoms with Crippen molar-refractivity contribution >= 4 is 23.6 Å². The number of aryl methyl sites for hydroxylation is 1. The number of nitrogens with one attached hydrogen (secondary N) is 2. The number of hydrogen-bond acceptors (Lipinski definition) is 4. The number of aromatic amines is 2. The molecule has 0 radical (unpaired) electrons. The van der Waals surface area contributed by atoms with Crippen molar-refractivity contribution in [2.45, 2.75) is 64.7 Å². The van der Waals surface area contributed by atoms with Crippen molar-refractivity contribution in [3.05, 3.63) is 76.2 Å². The first-order valence-corrected chi connectivity index (χ1v) is 14.7. The average Bonchev–Trinajstić information content (AvgIpc) is 3.48. The predicted molar refractivity (Wildman–Crippen MR) is 161 cm³/mol. The molecular weight excluding hydrogens is 480 g/mol. The maximum absolute atomic E-state index is 4.92. The first-order valence-electron chi connectivity index (χ1n) is 14.7. The molecule has 2 aliphatic heterocycles. The van der Waals surface area contributed by atoms with Crippen molar-refractivity contribution in [1.29, 1.82) is 0 Å². The molecule has 1 aliphatic carbocycles. The molecule has 0 amide bonds. The van der Waals surface area contributed by atoms with Gasteiger partial charge in [0, 0.05) is 53.2 Å². The minimum absolute atomic E-state index is 0.615. The Bertz CT molecular complexity index is 1510. The Morgan fingerprint density at radius 3 is 2.72 bits per heavy atom. The van der Waals surface area contributed by atoms with E-state index in [2.05, 4.69) is 63.8 Å². The van der Waals surface area contributed by atoms with Gasteiger partial charge in [-0.3, -0.25) is 15.1 Å². The van der Waals surface area contributed by atoms with Crippen LogP contribution in [0.5, 0.6) is 0 Å². The molecule has 0 bridgehead atoms. The van der Waals surface area contributed by atoms with Crippen LogP contribution in [-0.4, -0.2) is 50.4 Å². The second-order valence-electron chi connectivity index (χ2n) is 11.3. The standard InChI is InChI=1S/C33H40N6/c1-3-10-32(39-15-8-5-9-16-39)27-19-31(36-23(27)2)33-28-20-30(35-14-13-29(28)37-38-33)26-18-25(21-34-22-26)17-24-11-6-4-7-12-24/h3,10,13,18-22,24,36-37H,1,4-9,11-12,14-17H2,2H3/b32-10+. The largest absolute Gasteiger partial charge is 0.371 e. The third-order valence-corrected chi connectivity index (χ3v) is 8.53. The van der Waals surface area contributed by atoms with E-state index in [1.54, 1.807) is 0 Å². The van der Waals surface area contributed by atoms with E-state index in [1.807, 2.05) is 18.5 Å². The molecule has 202 valence electrons. The number of pyridine rings is 1. The molecule has 2 N–H and O–H groups in total. The summed E-state index contributed by atoms with van der Waals surface area (Å²) in [5.41, 5.74) is 8.91. The van der Waals surface area contributed by atoms with E-state index >= 15 is 0 Å². The molecule has 5 heterocycles. The molecule has 0 spiro atoms. The number of aliphatic imine (C=N–C) groups is 1. The predicted octanol–water partition coefficient (Wildman–Crippen LogP) is 5.31. The minimum atomic E-state index is 0.615. The van der Waals surface area contributed by atoms with Crippen molar-refractivity contribution in [1.82, 2.24) is 25.1 Å². The maximum atomic E-state index is 4.92. The second-order valence-corrected chi connectivity index (χ2v) is 11.3. The number of piperidine rings is 1. The van der Waals surface area contributed by atoms with Gasteiger partial charge in [-0.2, -0.15) is 5.10 Å². The zero-order valence-electron chi connectivity index (χ0n) is 23.2. The first kappa shape index (κ1) is 25.6. The third-order valence-electron chi connectivity index (χ3n) is 8.53. The molecule has 0 unspecified atom stereocenters. The second kappa shape index (κ2) is 11.6. The molecule has 6 rings (SSSR count). The Balaban J connectivity index is 1.33. The van der Waals surface area contributed by atoms with Gasteiger partial charge < -0.3 is 9.88 Å². The van der Waals surface area contributed by atoms with Gasteiger partial charge in [0.25, 0.3) is 0 Å². The van der Waals surface area contributed by atoms with E-state index in [-0.39, 0.29) is 0 Å². The lowest BCUT2D eigenvalue weighted by molar-refractivity contribution is 0.326. The molecule has 1 saturated heterocycles. The van der Waals surface area contributed by atoms with Crippen molar-refractivity contribution in [2.24, 2.45) is 10.9 Å². The fourth-order valence-corrected chi connectivity index (χ4v) is 6.49. The fourth-order valence-electron chi connectivity index (χ4n) is 6.49. The van der Waals surface area contributed by atoms with Crippen LogP contribution in [0.15, 0.2) is 48.2 Å². The van der Waals surface area contributed by atoms with E-state index in [9.17, 15) is 0 Å². The van der Waals surface area contributed by atoms with Gasteiger partial charge in [0.2, 0.25) is 0 Å². The van der Waals surface area contributed by atoms with Crippen LogP contribution < -0.4 is 10.6 Å². The molecule has 2 fully saturated rings. The molecule has 0 aromatic carbocycles. The summed E-state index contributed by atoms with van der Waals surface area (Å²) in [5.74, 6) is 0.784. The molecule has 3 aromatic rings. The lowest BCUT2D eigenvalue weighted by Crippen LogP contribution is -2.28. The maximum Gasteiger partial charge on any atom is 0.116 e. The van der Waals surface area contributed by atoms with Gasteiger partial charge in [-0.25, -0.2) is 0 Å². The lowest BCUT2D eigenvalue weighted by atomic mass is 9.85. The summed E-state index contributed by atoms with van der Waals surface area (Å²) in [4.78, 5) is 15.7. The summed E-state index contributed by atoms with van der Waals surface area (Å²) in [7, 11) is 0. The summed E-state index contributed by atoms with van der Waals surface area (Å²) in [5, 5.41) is 10.1. The van der Waals surface area contributed by atoms with E-state index in [0.717, 1.165) is 64.4 Å².